The largest absolute Gasteiger partial charge is 0.319 e. The highest BCUT2D eigenvalue weighted by molar-refractivity contribution is 7.91. The van der Waals surface area contributed by atoms with E-state index in [1.165, 1.54) is 11.3 Å². The van der Waals surface area contributed by atoms with Gasteiger partial charge in [0.25, 0.3) is 0 Å². The summed E-state index contributed by atoms with van der Waals surface area (Å²) in [5.74, 6) is 0. The van der Waals surface area contributed by atoms with E-state index in [4.69, 9.17) is 0 Å². The second kappa shape index (κ2) is 6.94. The van der Waals surface area contributed by atoms with Gasteiger partial charge >= 0.3 is 0 Å². The van der Waals surface area contributed by atoms with Gasteiger partial charge in [-0.15, -0.1) is 11.3 Å². The highest BCUT2D eigenvalue weighted by atomic mass is 32.2. The summed E-state index contributed by atoms with van der Waals surface area (Å²) in [6.07, 6.45) is 4.12. The molecule has 0 aliphatic carbocycles. The smallest absolute Gasteiger partial charge is 0.250 e. The van der Waals surface area contributed by atoms with Crippen molar-refractivity contribution in [3.05, 3.63) is 47.1 Å². The number of nitrogens with one attached hydrogen (secondary N) is 2. The van der Waals surface area contributed by atoms with Crippen molar-refractivity contribution in [1.82, 2.24) is 15.0 Å². The Bertz CT molecular complexity index is 639. The van der Waals surface area contributed by atoms with E-state index in [0.717, 1.165) is 23.4 Å². The van der Waals surface area contributed by atoms with Gasteiger partial charge in [0.05, 0.1) is 0 Å². The van der Waals surface area contributed by atoms with Crippen LogP contribution in [0.3, 0.4) is 0 Å². The van der Waals surface area contributed by atoms with E-state index in [1.54, 1.807) is 30.6 Å². The molecule has 2 aromatic heterocycles. The third-order valence-electron chi connectivity index (χ3n) is 2.74. The first-order valence-corrected chi connectivity index (χ1v) is 8.53. The molecule has 0 saturated heterocycles. The van der Waals surface area contributed by atoms with Gasteiger partial charge in [-0.1, -0.05) is 0 Å². The molecule has 2 aromatic rings. The Hall–Kier alpha value is -1.28. The fourth-order valence-electron chi connectivity index (χ4n) is 1.64. The Balaban J connectivity index is 2.01. The fourth-order valence-corrected chi connectivity index (χ4v) is 4.05. The highest BCUT2D eigenvalue weighted by Crippen LogP contribution is 2.21. The molecule has 0 atom stereocenters. The summed E-state index contributed by atoms with van der Waals surface area (Å²) in [5, 5.41) is 3.05. The average molecular weight is 311 g/mol. The molecule has 0 radical (unpaired) electrons. The molecule has 2 N–H and O–H groups in total. The lowest BCUT2D eigenvalue weighted by Crippen LogP contribution is -2.22. The van der Waals surface area contributed by atoms with Crippen LogP contribution < -0.4 is 10.0 Å². The van der Waals surface area contributed by atoms with Crippen LogP contribution in [0.4, 0.5) is 0 Å². The lowest BCUT2D eigenvalue weighted by molar-refractivity contribution is 0.583. The maximum atomic E-state index is 12.2. The third-order valence-corrected chi connectivity index (χ3v) is 5.78. The number of thiophene rings is 1. The molecule has 0 aliphatic heterocycles. The highest BCUT2D eigenvalue weighted by Gasteiger charge is 2.16. The zero-order chi connectivity index (χ0) is 14.4. The number of nitrogens with zero attached hydrogens (tertiary/aromatic N) is 1. The lowest BCUT2D eigenvalue weighted by atomic mass is 10.3. The number of pyridine rings is 1. The molecular weight excluding hydrogens is 294 g/mol. The van der Waals surface area contributed by atoms with E-state index in [0.29, 0.717) is 4.21 Å². The summed E-state index contributed by atoms with van der Waals surface area (Å²) in [6, 6.07) is 7.10. The first-order chi connectivity index (χ1) is 9.62. The van der Waals surface area contributed by atoms with E-state index >= 15 is 0 Å². The molecule has 2 heterocycles. The van der Waals surface area contributed by atoms with Crippen LogP contribution in [0.25, 0.3) is 0 Å². The number of aromatic nitrogens is 1. The minimum absolute atomic E-state index is 0.272. The van der Waals surface area contributed by atoms with Gasteiger partial charge in [-0.3, -0.25) is 4.98 Å². The van der Waals surface area contributed by atoms with Crippen molar-refractivity contribution >= 4 is 21.4 Å². The number of hydrogen-bond donors (Lipinski definition) is 2. The number of likely N-dealkylation sites (N-methyl/N-ethyl adjacent to an activating group) is 1. The summed E-state index contributed by atoms with van der Waals surface area (Å²) < 4.78 is 27.3. The van der Waals surface area contributed by atoms with Crippen LogP contribution in [0.15, 0.2) is 40.9 Å². The maximum Gasteiger partial charge on any atom is 0.250 e. The predicted octanol–water partition coefficient (Wildman–Crippen LogP) is 1.38. The van der Waals surface area contributed by atoms with Gasteiger partial charge in [-0.2, -0.15) is 0 Å². The molecule has 20 heavy (non-hydrogen) atoms. The molecule has 0 aliphatic rings. The van der Waals surface area contributed by atoms with Crippen LogP contribution in [0.1, 0.15) is 10.4 Å². The van der Waals surface area contributed by atoms with Gasteiger partial charge < -0.3 is 5.32 Å². The summed E-state index contributed by atoms with van der Waals surface area (Å²) in [4.78, 5) is 4.96. The number of rotatable bonds is 7. The molecule has 0 amide bonds. The van der Waals surface area contributed by atoms with Crippen molar-refractivity contribution in [2.45, 2.75) is 17.2 Å². The van der Waals surface area contributed by atoms with Crippen molar-refractivity contribution in [1.29, 1.82) is 0 Å². The van der Waals surface area contributed by atoms with E-state index in [-0.39, 0.29) is 6.54 Å². The zero-order valence-corrected chi connectivity index (χ0v) is 12.8. The van der Waals surface area contributed by atoms with Crippen LogP contribution in [0.5, 0.6) is 0 Å². The SMILES string of the molecule is CNCCc1ccc(S(=O)(=O)NCc2ccncc2)s1. The summed E-state index contributed by atoms with van der Waals surface area (Å²) >= 11 is 1.31. The van der Waals surface area contributed by atoms with Gasteiger partial charge in [0, 0.05) is 23.8 Å². The quantitative estimate of drug-likeness (QED) is 0.810. The van der Waals surface area contributed by atoms with Gasteiger partial charge in [-0.05, 0) is 49.8 Å². The zero-order valence-electron chi connectivity index (χ0n) is 11.2. The van der Waals surface area contributed by atoms with Crippen molar-refractivity contribution in [2.75, 3.05) is 13.6 Å². The minimum atomic E-state index is -3.43. The standard InChI is InChI=1S/C13H17N3O2S2/c1-14-7-6-12-2-3-13(19-12)20(17,18)16-10-11-4-8-15-9-5-11/h2-5,8-9,14,16H,6-7,10H2,1H3. The topological polar surface area (TPSA) is 71.1 Å². The van der Waals surface area contributed by atoms with Gasteiger partial charge in [-0.25, -0.2) is 13.1 Å². The van der Waals surface area contributed by atoms with Crippen molar-refractivity contribution in [3.8, 4) is 0 Å². The summed E-state index contributed by atoms with van der Waals surface area (Å²) in [7, 11) is -1.56. The molecular formula is C13H17N3O2S2. The van der Waals surface area contributed by atoms with Crippen LogP contribution in [0.2, 0.25) is 0 Å². The second-order valence-electron chi connectivity index (χ2n) is 4.25. The average Bonchev–Trinajstić information content (AvgIpc) is 2.94. The Morgan fingerprint density at radius 2 is 1.95 bits per heavy atom. The molecule has 0 unspecified atom stereocenters. The van der Waals surface area contributed by atoms with E-state index in [9.17, 15) is 8.42 Å². The van der Waals surface area contributed by atoms with Crippen LogP contribution in [-0.2, 0) is 23.0 Å². The first-order valence-electron chi connectivity index (χ1n) is 6.24. The molecule has 5 nitrogen and oxygen atoms in total. The monoisotopic (exact) mass is 311 g/mol. The molecule has 0 spiro atoms. The molecule has 0 saturated carbocycles. The molecule has 108 valence electrons. The van der Waals surface area contributed by atoms with Gasteiger partial charge in [0.15, 0.2) is 0 Å². The molecule has 0 fully saturated rings. The van der Waals surface area contributed by atoms with Crippen molar-refractivity contribution in [2.24, 2.45) is 0 Å². The normalized spacial score (nSPS) is 11.7. The Kier molecular flexibility index (Phi) is 5.24. The number of sulfonamides is 1. The Morgan fingerprint density at radius 3 is 2.65 bits per heavy atom. The molecule has 7 heteroatoms. The second-order valence-corrected chi connectivity index (χ2v) is 7.42. The predicted molar refractivity (Wildman–Crippen MR) is 80.2 cm³/mol. The Morgan fingerprint density at radius 1 is 1.20 bits per heavy atom. The van der Waals surface area contributed by atoms with Crippen LogP contribution >= 0.6 is 11.3 Å². The third kappa shape index (κ3) is 4.11. The maximum absolute atomic E-state index is 12.2. The summed E-state index contributed by atoms with van der Waals surface area (Å²) in [5.41, 5.74) is 0.885. The van der Waals surface area contributed by atoms with Gasteiger partial charge in [0.1, 0.15) is 4.21 Å². The number of hydrogen-bond acceptors (Lipinski definition) is 5. The van der Waals surface area contributed by atoms with Crippen molar-refractivity contribution in [3.63, 3.8) is 0 Å². The van der Waals surface area contributed by atoms with E-state index in [2.05, 4.69) is 15.0 Å². The van der Waals surface area contributed by atoms with Gasteiger partial charge in [0.2, 0.25) is 10.0 Å². The summed E-state index contributed by atoms with van der Waals surface area (Å²) in [6.45, 7) is 1.11. The minimum Gasteiger partial charge on any atom is -0.319 e. The lowest BCUT2D eigenvalue weighted by Gasteiger charge is -2.04. The van der Waals surface area contributed by atoms with Crippen molar-refractivity contribution < 1.29 is 8.42 Å². The van der Waals surface area contributed by atoms with E-state index < -0.39 is 10.0 Å². The molecule has 0 bridgehead atoms. The first kappa shape index (κ1) is 15.1. The van der Waals surface area contributed by atoms with Crippen LogP contribution in [-0.4, -0.2) is 27.0 Å². The molecule has 2 rings (SSSR count). The Labute approximate surface area is 123 Å². The fraction of sp³-hybridized carbons (Fsp3) is 0.308. The van der Waals surface area contributed by atoms with Crippen LogP contribution in [0, 0.1) is 0 Å². The van der Waals surface area contributed by atoms with E-state index in [1.807, 2.05) is 13.1 Å². The molecule has 0 aromatic carbocycles.